The number of hydrogen-bond acceptors (Lipinski definition) is 5. The van der Waals surface area contributed by atoms with Crippen molar-refractivity contribution in [2.75, 3.05) is 31.6 Å². The second kappa shape index (κ2) is 10.4. The molecule has 0 saturated carbocycles. The van der Waals surface area contributed by atoms with Gasteiger partial charge < -0.3 is 15.0 Å². The van der Waals surface area contributed by atoms with E-state index < -0.39 is 5.97 Å². The highest BCUT2D eigenvalue weighted by Crippen LogP contribution is 2.40. The van der Waals surface area contributed by atoms with Crippen LogP contribution in [0, 0.1) is 11.0 Å². The Labute approximate surface area is 203 Å². The van der Waals surface area contributed by atoms with Crippen LogP contribution in [0.15, 0.2) is 36.4 Å². The number of nitrogens with one attached hydrogen (secondary N) is 1. The normalized spacial score (nSPS) is 17.4. The van der Waals surface area contributed by atoms with Crippen molar-refractivity contribution < 1.29 is 13.9 Å². The lowest BCUT2D eigenvalue weighted by molar-refractivity contribution is 0.0601. The summed E-state index contributed by atoms with van der Waals surface area (Å²) < 4.78 is 20.9. The van der Waals surface area contributed by atoms with Crippen molar-refractivity contribution in [1.82, 2.24) is 5.32 Å². The van der Waals surface area contributed by atoms with Crippen molar-refractivity contribution in [3.8, 4) is 11.1 Å². The van der Waals surface area contributed by atoms with Crippen LogP contribution < -0.4 is 10.2 Å². The molecule has 176 valence electrons. The van der Waals surface area contributed by atoms with Crippen LogP contribution in [0.4, 0.5) is 10.1 Å². The molecule has 1 N–H and O–H groups in total. The summed E-state index contributed by atoms with van der Waals surface area (Å²) >= 11 is 7.16. The highest BCUT2D eigenvalue weighted by Gasteiger charge is 2.25. The van der Waals surface area contributed by atoms with Gasteiger partial charge in [-0.2, -0.15) is 4.39 Å². The summed E-state index contributed by atoms with van der Waals surface area (Å²) in [6.07, 6.45) is 3.34. The van der Waals surface area contributed by atoms with Crippen LogP contribution in [0.2, 0.25) is 5.02 Å². The predicted molar refractivity (Wildman–Crippen MR) is 136 cm³/mol. The number of esters is 1. The lowest BCUT2D eigenvalue weighted by atomic mass is 9.95. The average molecular weight is 489 g/mol. The summed E-state index contributed by atoms with van der Waals surface area (Å²) in [7, 11) is 1.39. The molecule has 2 heterocycles. The SMILES string of the molecule is CC[C@@H](C)NC[C@H]1CCCN(c2ccc(-c3c(F)sc4cc(Cl)ccc34)cc2C(=O)OC)C1. The Morgan fingerprint density at radius 1 is 1.33 bits per heavy atom. The van der Waals surface area contributed by atoms with Gasteiger partial charge in [0.2, 0.25) is 0 Å². The van der Waals surface area contributed by atoms with Gasteiger partial charge in [-0.05, 0) is 68.5 Å². The zero-order chi connectivity index (χ0) is 23.5. The molecule has 1 aliphatic heterocycles. The molecule has 1 saturated heterocycles. The number of anilines is 1. The minimum Gasteiger partial charge on any atom is -0.465 e. The first-order valence-electron chi connectivity index (χ1n) is 11.5. The van der Waals surface area contributed by atoms with Crippen molar-refractivity contribution in [1.29, 1.82) is 0 Å². The number of halogens is 2. The molecule has 1 fully saturated rings. The number of benzene rings is 2. The maximum absolute atomic E-state index is 15.0. The standard InChI is InChI=1S/C26H30ClFN2O2S/c1-4-16(2)29-14-17-6-5-11-30(15-17)22-10-7-18(12-21(22)26(31)32-3)24-20-9-8-19(27)13-23(20)33-25(24)28/h7-10,12-13,16-17,29H,4-6,11,14-15H2,1-3H3/t16-,17-/m1/s1. The first kappa shape index (κ1) is 24.0. The lowest BCUT2D eigenvalue weighted by Gasteiger charge is -2.36. The number of methoxy groups -OCH3 is 1. The maximum atomic E-state index is 15.0. The van der Waals surface area contributed by atoms with Gasteiger partial charge in [-0.25, -0.2) is 4.79 Å². The second-order valence-electron chi connectivity index (χ2n) is 8.79. The Morgan fingerprint density at radius 3 is 2.91 bits per heavy atom. The Kier molecular flexibility index (Phi) is 7.57. The van der Waals surface area contributed by atoms with Gasteiger partial charge in [0.1, 0.15) is 0 Å². The molecule has 4 nitrogen and oxygen atoms in total. The molecule has 1 aromatic heterocycles. The zero-order valence-electron chi connectivity index (χ0n) is 19.3. The molecule has 0 amide bonds. The number of carbonyl (C=O) groups excluding carboxylic acids is 1. The molecule has 2 aromatic carbocycles. The molecule has 0 radical (unpaired) electrons. The van der Waals surface area contributed by atoms with Crippen LogP contribution >= 0.6 is 22.9 Å². The molecule has 0 spiro atoms. The van der Waals surface area contributed by atoms with Crippen LogP contribution in [0.5, 0.6) is 0 Å². The fourth-order valence-corrected chi connectivity index (χ4v) is 5.74. The van der Waals surface area contributed by atoms with E-state index in [-0.39, 0.29) is 5.13 Å². The Hall–Kier alpha value is -2.15. The smallest absolute Gasteiger partial charge is 0.339 e. The summed E-state index contributed by atoms with van der Waals surface area (Å²) in [5, 5.41) is 4.69. The van der Waals surface area contributed by atoms with E-state index in [2.05, 4.69) is 24.1 Å². The van der Waals surface area contributed by atoms with Gasteiger partial charge in [0.15, 0.2) is 5.13 Å². The van der Waals surface area contributed by atoms with Gasteiger partial charge in [0.25, 0.3) is 0 Å². The molecular weight excluding hydrogens is 459 g/mol. The lowest BCUT2D eigenvalue weighted by Crippen LogP contribution is -2.42. The summed E-state index contributed by atoms with van der Waals surface area (Å²) in [6, 6.07) is 11.5. The van der Waals surface area contributed by atoms with E-state index in [0.717, 1.165) is 59.6 Å². The summed E-state index contributed by atoms with van der Waals surface area (Å²) in [4.78, 5) is 15.0. The van der Waals surface area contributed by atoms with Crippen molar-refractivity contribution >= 4 is 44.7 Å². The number of piperidine rings is 1. The van der Waals surface area contributed by atoms with Gasteiger partial charge in [0.05, 0.1) is 18.4 Å². The molecule has 4 rings (SSSR count). The second-order valence-corrected chi connectivity index (χ2v) is 10.2. The van der Waals surface area contributed by atoms with Crippen molar-refractivity contribution in [2.24, 2.45) is 5.92 Å². The van der Waals surface area contributed by atoms with Gasteiger partial charge in [-0.15, -0.1) is 11.3 Å². The third kappa shape index (κ3) is 5.18. The van der Waals surface area contributed by atoms with Gasteiger partial charge >= 0.3 is 5.97 Å². The maximum Gasteiger partial charge on any atom is 0.339 e. The summed E-state index contributed by atoms with van der Waals surface area (Å²) in [5.41, 5.74) is 2.48. The topological polar surface area (TPSA) is 41.6 Å². The highest BCUT2D eigenvalue weighted by molar-refractivity contribution is 7.18. The van der Waals surface area contributed by atoms with Crippen LogP contribution in [0.25, 0.3) is 21.2 Å². The van der Waals surface area contributed by atoms with Gasteiger partial charge in [-0.3, -0.25) is 0 Å². The Balaban J connectivity index is 1.67. The fraction of sp³-hybridized carbons (Fsp3) is 0.423. The highest BCUT2D eigenvalue weighted by atomic mass is 35.5. The first-order chi connectivity index (χ1) is 15.9. The van der Waals surface area contributed by atoms with Gasteiger partial charge in [-0.1, -0.05) is 30.7 Å². The number of thiophene rings is 1. The fourth-order valence-electron chi connectivity index (χ4n) is 4.51. The predicted octanol–water partition coefficient (Wildman–Crippen LogP) is 6.75. The minimum absolute atomic E-state index is 0.287. The monoisotopic (exact) mass is 488 g/mol. The van der Waals surface area contributed by atoms with E-state index in [4.69, 9.17) is 16.3 Å². The average Bonchev–Trinajstić information content (AvgIpc) is 3.16. The van der Waals surface area contributed by atoms with Crippen molar-refractivity contribution in [3.63, 3.8) is 0 Å². The van der Waals surface area contributed by atoms with Gasteiger partial charge in [0, 0.05) is 39.8 Å². The molecular formula is C26H30ClFN2O2S. The summed E-state index contributed by atoms with van der Waals surface area (Å²) in [6.45, 7) is 7.11. The molecule has 7 heteroatoms. The number of nitrogens with zero attached hydrogens (tertiary/aromatic N) is 1. The summed E-state index contributed by atoms with van der Waals surface area (Å²) in [5.74, 6) is 0.107. The third-order valence-corrected chi connectivity index (χ3v) is 7.70. The number of fused-ring (bicyclic) bond motifs is 1. The Morgan fingerprint density at radius 2 is 2.15 bits per heavy atom. The van der Waals surface area contributed by atoms with E-state index in [1.54, 1.807) is 18.2 Å². The minimum atomic E-state index is -0.408. The molecule has 2 atom stereocenters. The van der Waals surface area contributed by atoms with Crippen LogP contribution in [-0.4, -0.2) is 38.8 Å². The Bertz CT molecular complexity index is 1150. The van der Waals surface area contributed by atoms with Crippen molar-refractivity contribution in [3.05, 3.63) is 52.1 Å². The number of ether oxygens (including phenoxy) is 1. The first-order valence-corrected chi connectivity index (χ1v) is 12.7. The van der Waals surface area contributed by atoms with Crippen LogP contribution in [0.3, 0.4) is 0 Å². The molecule has 3 aromatic rings. The van der Waals surface area contributed by atoms with E-state index in [0.29, 0.717) is 33.7 Å². The number of hydrogen-bond donors (Lipinski definition) is 1. The molecule has 33 heavy (non-hydrogen) atoms. The quantitative estimate of drug-likeness (QED) is 0.373. The molecule has 0 aliphatic carbocycles. The van der Waals surface area contributed by atoms with Crippen LogP contribution in [0.1, 0.15) is 43.5 Å². The molecule has 0 unspecified atom stereocenters. The van der Waals surface area contributed by atoms with Crippen LogP contribution in [-0.2, 0) is 4.74 Å². The van der Waals surface area contributed by atoms with E-state index in [1.807, 2.05) is 18.2 Å². The zero-order valence-corrected chi connectivity index (χ0v) is 20.9. The molecule has 0 bridgehead atoms. The van der Waals surface area contributed by atoms with E-state index >= 15 is 0 Å². The van der Waals surface area contributed by atoms with E-state index in [1.165, 1.54) is 13.5 Å². The van der Waals surface area contributed by atoms with Crippen molar-refractivity contribution in [2.45, 2.75) is 39.2 Å². The third-order valence-electron chi connectivity index (χ3n) is 6.53. The van der Waals surface area contributed by atoms with E-state index in [9.17, 15) is 9.18 Å². The largest absolute Gasteiger partial charge is 0.465 e. The number of carbonyl (C=O) groups is 1. The number of rotatable bonds is 7. The molecule has 1 aliphatic rings.